The van der Waals surface area contributed by atoms with E-state index in [0.717, 1.165) is 16.3 Å². The first-order chi connectivity index (χ1) is 14.6. The molecule has 4 rings (SSSR count). The Balaban J connectivity index is 1.33. The minimum Gasteiger partial charge on any atom is -0.462 e. The van der Waals surface area contributed by atoms with Crippen molar-refractivity contribution in [1.29, 1.82) is 0 Å². The van der Waals surface area contributed by atoms with Gasteiger partial charge in [0.05, 0.1) is 10.6 Å². The van der Waals surface area contributed by atoms with Crippen molar-refractivity contribution in [3.05, 3.63) is 88.2 Å². The molecule has 0 atom stereocenters. The summed E-state index contributed by atoms with van der Waals surface area (Å²) < 4.78 is 5.46. The summed E-state index contributed by atoms with van der Waals surface area (Å²) in [7, 11) is 0. The smallest absolute Gasteiger partial charge is 0.255 e. The Labute approximate surface area is 176 Å². The van der Waals surface area contributed by atoms with Crippen molar-refractivity contribution in [2.24, 2.45) is 0 Å². The normalized spacial score (nSPS) is 10.6. The molecular weight excluding hydrogens is 400 g/mol. The fourth-order valence-electron chi connectivity index (χ4n) is 2.76. The molecule has 150 valence electrons. The molecule has 2 amide bonds. The largest absolute Gasteiger partial charge is 0.462 e. The second-order valence-corrected chi connectivity index (χ2v) is 7.58. The van der Waals surface area contributed by atoms with Crippen LogP contribution in [0.3, 0.4) is 0 Å². The predicted molar refractivity (Wildman–Crippen MR) is 114 cm³/mol. The Bertz CT molecular complexity index is 1170. The van der Waals surface area contributed by atoms with Gasteiger partial charge in [-0.2, -0.15) is 0 Å². The Hall–Kier alpha value is -3.78. The molecule has 4 aromatic rings. The van der Waals surface area contributed by atoms with E-state index in [1.54, 1.807) is 54.9 Å². The highest BCUT2D eigenvalue weighted by Gasteiger charge is 2.13. The van der Waals surface area contributed by atoms with Gasteiger partial charge < -0.3 is 15.1 Å². The summed E-state index contributed by atoms with van der Waals surface area (Å²) in [6.45, 7) is 2.25. The first kappa shape index (κ1) is 19.5. The summed E-state index contributed by atoms with van der Waals surface area (Å²) in [4.78, 5) is 32.9. The van der Waals surface area contributed by atoms with Gasteiger partial charge in [0.15, 0.2) is 5.76 Å². The lowest BCUT2D eigenvalue weighted by atomic mass is 10.1. The molecule has 30 heavy (non-hydrogen) atoms. The lowest BCUT2D eigenvalue weighted by molar-refractivity contribution is 0.0949. The van der Waals surface area contributed by atoms with Crippen LogP contribution >= 0.6 is 11.3 Å². The Morgan fingerprint density at radius 3 is 2.50 bits per heavy atom. The number of nitrogens with one attached hydrogen (secondary N) is 2. The number of benzene rings is 1. The maximum Gasteiger partial charge on any atom is 0.255 e. The Kier molecular flexibility index (Phi) is 5.67. The minimum atomic E-state index is -0.239. The van der Waals surface area contributed by atoms with E-state index in [-0.39, 0.29) is 11.8 Å². The molecule has 0 aliphatic carbocycles. The minimum absolute atomic E-state index is 0.208. The summed E-state index contributed by atoms with van der Waals surface area (Å²) in [5.41, 5.74) is 3.24. The molecule has 0 radical (unpaired) electrons. The second kappa shape index (κ2) is 8.71. The molecule has 7 nitrogen and oxygen atoms in total. The lowest BCUT2D eigenvalue weighted by Gasteiger charge is -2.07. The molecule has 0 spiro atoms. The Morgan fingerprint density at radius 1 is 1.03 bits per heavy atom. The van der Waals surface area contributed by atoms with E-state index >= 15 is 0 Å². The average Bonchev–Trinajstić information content (AvgIpc) is 3.42. The third-order valence-corrected chi connectivity index (χ3v) is 5.11. The zero-order valence-corrected chi connectivity index (χ0v) is 16.9. The van der Waals surface area contributed by atoms with Crippen molar-refractivity contribution in [2.75, 3.05) is 5.32 Å². The number of carbonyl (C=O) groups is 2. The van der Waals surface area contributed by atoms with Gasteiger partial charge in [-0.25, -0.2) is 4.98 Å². The zero-order chi connectivity index (χ0) is 20.9. The van der Waals surface area contributed by atoms with E-state index in [1.165, 1.54) is 17.6 Å². The molecule has 0 saturated heterocycles. The van der Waals surface area contributed by atoms with Crippen molar-refractivity contribution in [3.63, 3.8) is 0 Å². The standard InChI is InChI=1S/C22H18N4O3S/c1-14-25-19(13-30-14)20-10-17(12-29-20)21(27)24-11-15-2-4-16(5-3-15)22(28)26-18-6-8-23-9-7-18/h2-10,12-13H,11H2,1H3,(H,24,27)(H,23,26,28). The number of hydrogen-bond acceptors (Lipinski definition) is 6. The maximum atomic E-state index is 12.4. The number of furan rings is 1. The lowest BCUT2D eigenvalue weighted by Crippen LogP contribution is -2.22. The van der Waals surface area contributed by atoms with Gasteiger partial charge in [0.2, 0.25) is 0 Å². The van der Waals surface area contributed by atoms with Crippen LogP contribution in [-0.4, -0.2) is 21.8 Å². The number of anilines is 1. The van der Waals surface area contributed by atoms with Crippen LogP contribution in [0.1, 0.15) is 31.3 Å². The highest BCUT2D eigenvalue weighted by Crippen LogP contribution is 2.23. The number of thiazole rings is 1. The molecular formula is C22H18N4O3S. The number of pyridine rings is 1. The number of carbonyl (C=O) groups excluding carboxylic acids is 2. The SMILES string of the molecule is Cc1nc(-c2cc(C(=O)NCc3ccc(C(=O)Nc4ccncc4)cc3)co2)cs1. The molecule has 0 bridgehead atoms. The van der Waals surface area contributed by atoms with Crippen molar-refractivity contribution in [1.82, 2.24) is 15.3 Å². The highest BCUT2D eigenvalue weighted by atomic mass is 32.1. The van der Waals surface area contributed by atoms with E-state index in [9.17, 15) is 9.59 Å². The summed E-state index contributed by atoms with van der Waals surface area (Å²) in [6, 6.07) is 12.2. The zero-order valence-electron chi connectivity index (χ0n) is 16.1. The highest BCUT2D eigenvalue weighted by molar-refractivity contribution is 7.09. The van der Waals surface area contributed by atoms with E-state index in [0.29, 0.717) is 29.1 Å². The molecule has 0 aliphatic rings. The van der Waals surface area contributed by atoms with Crippen LogP contribution in [0.25, 0.3) is 11.5 Å². The van der Waals surface area contributed by atoms with Crippen molar-refractivity contribution in [3.8, 4) is 11.5 Å². The van der Waals surface area contributed by atoms with Crippen LogP contribution in [0.4, 0.5) is 5.69 Å². The summed E-state index contributed by atoms with van der Waals surface area (Å²) in [6.07, 6.45) is 4.65. The van der Waals surface area contributed by atoms with E-state index in [4.69, 9.17) is 4.42 Å². The number of amides is 2. The molecule has 0 unspecified atom stereocenters. The fraction of sp³-hybridized carbons (Fsp3) is 0.0909. The van der Waals surface area contributed by atoms with Crippen LogP contribution in [-0.2, 0) is 6.54 Å². The molecule has 3 heterocycles. The van der Waals surface area contributed by atoms with Crippen LogP contribution in [0.2, 0.25) is 0 Å². The number of aryl methyl sites for hydroxylation is 1. The van der Waals surface area contributed by atoms with E-state index in [1.807, 2.05) is 12.3 Å². The number of nitrogens with zero attached hydrogens (tertiary/aromatic N) is 2. The monoisotopic (exact) mass is 418 g/mol. The maximum absolute atomic E-state index is 12.4. The van der Waals surface area contributed by atoms with Crippen LogP contribution in [0, 0.1) is 6.92 Å². The van der Waals surface area contributed by atoms with E-state index in [2.05, 4.69) is 20.6 Å². The quantitative estimate of drug-likeness (QED) is 0.487. The van der Waals surface area contributed by atoms with Crippen LogP contribution in [0.15, 0.2) is 70.9 Å². The number of rotatable bonds is 6. The third-order valence-electron chi connectivity index (χ3n) is 4.34. The van der Waals surface area contributed by atoms with Crippen molar-refractivity contribution < 1.29 is 14.0 Å². The summed E-state index contributed by atoms with van der Waals surface area (Å²) in [5.74, 6) is 0.116. The van der Waals surface area contributed by atoms with Gasteiger partial charge >= 0.3 is 0 Å². The second-order valence-electron chi connectivity index (χ2n) is 6.52. The molecule has 0 aliphatic heterocycles. The van der Waals surface area contributed by atoms with Gasteiger partial charge in [-0.15, -0.1) is 11.3 Å². The number of aromatic nitrogens is 2. The van der Waals surface area contributed by atoms with Gasteiger partial charge in [0.1, 0.15) is 12.0 Å². The molecule has 3 aromatic heterocycles. The van der Waals surface area contributed by atoms with Gasteiger partial charge in [-0.05, 0) is 42.8 Å². The fourth-order valence-corrected chi connectivity index (χ4v) is 3.37. The van der Waals surface area contributed by atoms with Crippen molar-refractivity contribution >= 4 is 28.8 Å². The first-order valence-corrected chi connectivity index (χ1v) is 10.1. The van der Waals surface area contributed by atoms with Crippen LogP contribution < -0.4 is 10.6 Å². The molecule has 8 heteroatoms. The first-order valence-electron chi connectivity index (χ1n) is 9.18. The predicted octanol–water partition coefficient (Wildman–Crippen LogP) is 4.29. The van der Waals surface area contributed by atoms with Gasteiger partial charge in [0.25, 0.3) is 11.8 Å². The van der Waals surface area contributed by atoms with E-state index < -0.39 is 0 Å². The topological polar surface area (TPSA) is 97.1 Å². The van der Waals surface area contributed by atoms with Gasteiger partial charge in [-0.3, -0.25) is 14.6 Å². The van der Waals surface area contributed by atoms with Crippen molar-refractivity contribution in [2.45, 2.75) is 13.5 Å². The number of hydrogen-bond donors (Lipinski definition) is 2. The summed E-state index contributed by atoms with van der Waals surface area (Å²) >= 11 is 1.52. The van der Waals surface area contributed by atoms with Gasteiger partial charge in [-0.1, -0.05) is 12.1 Å². The van der Waals surface area contributed by atoms with Gasteiger partial charge in [0, 0.05) is 35.6 Å². The van der Waals surface area contributed by atoms with Crippen LogP contribution in [0.5, 0.6) is 0 Å². The molecule has 0 saturated carbocycles. The summed E-state index contributed by atoms with van der Waals surface area (Å²) in [5, 5.41) is 8.48. The average molecular weight is 418 g/mol. The molecule has 1 aromatic carbocycles. The molecule has 0 fully saturated rings. The Morgan fingerprint density at radius 2 is 1.80 bits per heavy atom. The molecule has 2 N–H and O–H groups in total. The third kappa shape index (κ3) is 4.61.